The van der Waals surface area contributed by atoms with Gasteiger partial charge in [0.05, 0.1) is 23.0 Å². The third-order valence-electron chi connectivity index (χ3n) is 3.45. The zero-order chi connectivity index (χ0) is 15.4. The summed E-state index contributed by atoms with van der Waals surface area (Å²) in [6, 6.07) is 6.05. The number of rotatable bonds is 6. The molecule has 0 atom stereocenters. The molecule has 2 aromatic rings. The summed E-state index contributed by atoms with van der Waals surface area (Å²) in [5, 5.41) is 4.47. The molecule has 0 bridgehead atoms. The highest BCUT2D eigenvalue weighted by Crippen LogP contribution is 2.30. The fourth-order valence-electron chi connectivity index (χ4n) is 2.20. The minimum Gasteiger partial charge on any atom is -0.493 e. The summed E-state index contributed by atoms with van der Waals surface area (Å²) < 4.78 is 14.3. The monoisotopic (exact) mass is 352 g/mol. The number of halogens is 1. The molecule has 0 aliphatic carbocycles. The predicted molar refractivity (Wildman–Crippen MR) is 87.0 cm³/mol. The van der Waals surface area contributed by atoms with Crippen LogP contribution in [0.1, 0.15) is 30.8 Å². The highest BCUT2D eigenvalue weighted by Gasteiger charge is 2.14. The average molecular weight is 353 g/mol. The number of nitrogens with zero attached hydrogens (tertiary/aromatic N) is 2. The molecule has 0 unspecified atom stereocenters. The fraction of sp³-hybridized carbons (Fsp3) is 0.438. The maximum Gasteiger partial charge on any atom is 0.161 e. The molecule has 2 rings (SSSR count). The van der Waals surface area contributed by atoms with Gasteiger partial charge in [-0.3, -0.25) is 4.68 Å². The Morgan fingerprint density at radius 2 is 2.00 bits per heavy atom. The van der Waals surface area contributed by atoms with E-state index in [-0.39, 0.29) is 0 Å². The van der Waals surface area contributed by atoms with Gasteiger partial charge < -0.3 is 9.47 Å². The lowest BCUT2D eigenvalue weighted by atomic mass is 10.1. The number of ether oxygens (including phenoxy) is 2. The average Bonchev–Trinajstić information content (AvgIpc) is 2.79. The lowest BCUT2D eigenvalue weighted by Gasteiger charge is -2.12. The second-order valence-electron chi connectivity index (χ2n) is 4.79. The zero-order valence-electron chi connectivity index (χ0n) is 12.9. The van der Waals surface area contributed by atoms with E-state index in [9.17, 15) is 0 Å². The predicted octanol–water partition coefficient (Wildman–Crippen LogP) is 4.12. The molecule has 0 amide bonds. The van der Waals surface area contributed by atoms with Gasteiger partial charge in [-0.05, 0) is 53.9 Å². The van der Waals surface area contributed by atoms with Crippen LogP contribution in [0.15, 0.2) is 22.7 Å². The summed E-state index contributed by atoms with van der Waals surface area (Å²) in [5.41, 5.74) is 3.25. The Morgan fingerprint density at radius 1 is 1.24 bits per heavy atom. The molecular formula is C16H21BrN2O2. The molecule has 0 saturated carbocycles. The van der Waals surface area contributed by atoms with Gasteiger partial charge in [0.1, 0.15) is 6.61 Å². The van der Waals surface area contributed by atoms with E-state index < -0.39 is 0 Å². The summed E-state index contributed by atoms with van der Waals surface area (Å²) in [6.07, 6.45) is 0.976. The first-order valence-corrected chi connectivity index (χ1v) is 7.91. The topological polar surface area (TPSA) is 36.3 Å². The quantitative estimate of drug-likeness (QED) is 0.784. The Kier molecular flexibility index (Phi) is 5.28. The smallest absolute Gasteiger partial charge is 0.161 e. The lowest BCUT2D eigenvalue weighted by molar-refractivity contribution is 0.273. The molecular weight excluding hydrogens is 332 g/mol. The van der Waals surface area contributed by atoms with Crippen LogP contribution in [0, 0.1) is 6.92 Å². The molecule has 21 heavy (non-hydrogen) atoms. The largest absolute Gasteiger partial charge is 0.493 e. The maximum absolute atomic E-state index is 5.93. The standard InChI is InChI=1S/C16H21BrN2O2/c1-5-12-7-8-14(15(9-12)20-4)21-10-13-16(17)11(3)18-19(13)6-2/h7-9H,5-6,10H2,1-4H3. The third-order valence-corrected chi connectivity index (χ3v) is 4.49. The molecule has 0 N–H and O–H groups in total. The molecule has 0 saturated heterocycles. The maximum atomic E-state index is 5.93. The summed E-state index contributed by atoms with van der Waals surface area (Å²) >= 11 is 3.58. The van der Waals surface area contributed by atoms with Crippen molar-refractivity contribution >= 4 is 15.9 Å². The molecule has 1 heterocycles. The highest BCUT2D eigenvalue weighted by atomic mass is 79.9. The molecule has 1 aromatic heterocycles. The van der Waals surface area contributed by atoms with Crippen LogP contribution in [0.25, 0.3) is 0 Å². The van der Waals surface area contributed by atoms with Crippen molar-refractivity contribution < 1.29 is 9.47 Å². The Labute approximate surface area is 134 Å². The van der Waals surface area contributed by atoms with Crippen LogP contribution in [0.3, 0.4) is 0 Å². The van der Waals surface area contributed by atoms with Crippen LogP contribution in [-0.4, -0.2) is 16.9 Å². The Hall–Kier alpha value is -1.49. The van der Waals surface area contributed by atoms with Gasteiger partial charge in [-0.15, -0.1) is 0 Å². The van der Waals surface area contributed by atoms with E-state index in [0.29, 0.717) is 6.61 Å². The van der Waals surface area contributed by atoms with Crippen LogP contribution in [-0.2, 0) is 19.6 Å². The molecule has 114 valence electrons. The molecule has 0 radical (unpaired) electrons. The Balaban J connectivity index is 2.20. The lowest BCUT2D eigenvalue weighted by Crippen LogP contribution is -2.07. The number of aryl methyl sites for hydroxylation is 3. The first-order chi connectivity index (χ1) is 10.1. The first-order valence-electron chi connectivity index (χ1n) is 7.12. The minimum atomic E-state index is 0.455. The SMILES string of the molecule is CCc1ccc(OCc2c(Br)c(C)nn2CC)c(OC)c1. The summed E-state index contributed by atoms with van der Waals surface area (Å²) in [4.78, 5) is 0. The van der Waals surface area contributed by atoms with Gasteiger partial charge in [-0.25, -0.2) is 0 Å². The molecule has 0 fully saturated rings. The molecule has 5 heteroatoms. The van der Waals surface area contributed by atoms with Crippen LogP contribution in [0.5, 0.6) is 11.5 Å². The Morgan fingerprint density at radius 3 is 2.62 bits per heavy atom. The van der Waals surface area contributed by atoms with E-state index in [1.54, 1.807) is 7.11 Å². The third kappa shape index (κ3) is 3.40. The van der Waals surface area contributed by atoms with Crippen LogP contribution < -0.4 is 9.47 Å². The van der Waals surface area contributed by atoms with Gasteiger partial charge in [0.15, 0.2) is 11.5 Å². The van der Waals surface area contributed by atoms with Gasteiger partial charge in [-0.1, -0.05) is 13.0 Å². The summed E-state index contributed by atoms with van der Waals surface area (Å²) in [5.74, 6) is 1.52. The van der Waals surface area contributed by atoms with Crippen LogP contribution in [0.2, 0.25) is 0 Å². The number of hydrogen-bond donors (Lipinski definition) is 0. The van der Waals surface area contributed by atoms with E-state index in [1.807, 2.05) is 23.7 Å². The van der Waals surface area contributed by atoms with Gasteiger partial charge in [0, 0.05) is 6.54 Å². The minimum absolute atomic E-state index is 0.455. The number of methoxy groups -OCH3 is 1. The van der Waals surface area contributed by atoms with Crippen molar-refractivity contribution in [3.63, 3.8) is 0 Å². The van der Waals surface area contributed by atoms with Gasteiger partial charge in [-0.2, -0.15) is 5.10 Å². The van der Waals surface area contributed by atoms with Gasteiger partial charge in [0.25, 0.3) is 0 Å². The number of aromatic nitrogens is 2. The van der Waals surface area contributed by atoms with Crippen molar-refractivity contribution in [1.82, 2.24) is 9.78 Å². The van der Waals surface area contributed by atoms with Gasteiger partial charge in [0.2, 0.25) is 0 Å². The number of benzene rings is 1. The van der Waals surface area contributed by atoms with E-state index >= 15 is 0 Å². The highest BCUT2D eigenvalue weighted by molar-refractivity contribution is 9.10. The van der Waals surface area contributed by atoms with Gasteiger partial charge >= 0.3 is 0 Å². The van der Waals surface area contributed by atoms with Crippen molar-refractivity contribution in [1.29, 1.82) is 0 Å². The fourth-order valence-corrected chi connectivity index (χ4v) is 2.60. The molecule has 4 nitrogen and oxygen atoms in total. The van der Waals surface area contributed by atoms with Crippen LogP contribution >= 0.6 is 15.9 Å². The summed E-state index contributed by atoms with van der Waals surface area (Å²) in [7, 11) is 1.66. The normalized spacial score (nSPS) is 10.7. The van der Waals surface area contributed by atoms with Crippen molar-refractivity contribution in [3.05, 3.63) is 39.6 Å². The molecule has 1 aromatic carbocycles. The first kappa shape index (κ1) is 15.9. The van der Waals surface area contributed by atoms with Crippen molar-refractivity contribution in [2.75, 3.05) is 7.11 Å². The number of hydrogen-bond acceptors (Lipinski definition) is 3. The molecule has 0 aliphatic heterocycles. The van der Waals surface area contributed by atoms with E-state index in [0.717, 1.165) is 40.3 Å². The Bertz CT molecular complexity index is 623. The zero-order valence-corrected chi connectivity index (χ0v) is 14.5. The second-order valence-corrected chi connectivity index (χ2v) is 5.58. The van der Waals surface area contributed by atoms with Crippen LogP contribution in [0.4, 0.5) is 0 Å². The second kappa shape index (κ2) is 6.98. The van der Waals surface area contributed by atoms with E-state index in [2.05, 4.69) is 40.9 Å². The summed E-state index contributed by atoms with van der Waals surface area (Å²) in [6.45, 7) is 7.44. The molecule has 0 spiro atoms. The van der Waals surface area contributed by atoms with Crippen molar-refractivity contribution in [3.8, 4) is 11.5 Å². The van der Waals surface area contributed by atoms with E-state index in [1.165, 1.54) is 5.56 Å². The van der Waals surface area contributed by atoms with E-state index in [4.69, 9.17) is 9.47 Å². The van der Waals surface area contributed by atoms with Crippen molar-refractivity contribution in [2.24, 2.45) is 0 Å². The molecule has 0 aliphatic rings. The van der Waals surface area contributed by atoms with Crippen molar-refractivity contribution in [2.45, 2.75) is 40.3 Å².